The average molecular weight is 517 g/mol. The molecule has 2 heterocycles. The lowest BCUT2D eigenvalue weighted by atomic mass is 10.0. The number of ether oxygens (including phenoxy) is 2. The SMILES string of the molecule is CCN1CCOc2ccccc2C(=O)N[C@H](C(=O)N2CC(C)OC(C)C2)CC(=O)N[C@@H](CC(C)C)C1=O. The molecule has 1 saturated heterocycles. The number of morpholine rings is 1. The lowest BCUT2D eigenvalue weighted by Crippen LogP contribution is -2.57. The first-order valence-corrected chi connectivity index (χ1v) is 13.1. The molecule has 10 nitrogen and oxygen atoms in total. The van der Waals surface area contributed by atoms with Gasteiger partial charge in [-0.1, -0.05) is 26.0 Å². The summed E-state index contributed by atoms with van der Waals surface area (Å²) >= 11 is 0. The first-order valence-electron chi connectivity index (χ1n) is 13.1. The van der Waals surface area contributed by atoms with Gasteiger partial charge in [0.1, 0.15) is 24.4 Å². The maximum atomic E-state index is 13.6. The minimum absolute atomic E-state index is 0.156. The smallest absolute Gasteiger partial charge is 0.255 e. The Morgan fingerprint density at radius 2 is 1.76 bits per heavy atom. The molecule has 37 heavy (non-hydrogen) atoms. The molecule has 2 aliphatic heterocycles. The summed E-state index contributed by atoms with van der Waals surface area (Å²) in [6, 6.07) is 4.89. The molecule has 2 N–H and O–H groups in total. The van der Waals surface area contributed by atoms with Gasteiger partial charge in [-0.15, -0.1) is 0 Å². The summed E-state index contributed by atoms with van der Waals surface area (Å²) in [5, 5.41) is 5.60. The van der Waals surface area contributed by atoms with Crippen molar-refractivity contribution in [3.05, 3.63) is 29.8 Å². The van der Waals surface area contributed by atoms with E-state index in [9.17, 15) is 19.2 Å². The normalized spacial score (nSPS) is 26.1. The summed E-state index contributed by atoms with van der Waals surface area (Å²) in [6.45, 7) is 11.2. The molecule has 204 valence electrons. The van der Waals surface area contributed by atoms with Gasteiger partial charge in [0.2, 0.25) is 17.7 Å². The largest absolute Gasteiger partial charge is 0.491 e. The van der Waals surface area contributed by atoms with Gasteiger partial charge in [-0.2, -0.15) is 0 Å². The van der Waals surface area contributed by atoms with Gasteiger partial charge >= 0.3 is 0 Å². The van der Waals surface area contributed by atoms with Gasteiger partial charge in [0.25, 0.3) is 5.91 Å². The molecular weight excluding hydrogens is 476 g/mol. The average Bonchev–Trinajstić information content (AvgIpc) is 2.83. The van der Waals surface area contributed by atoms with E-state index >= 15 is 0 Å². The van der Waals surface area contributed by atoms with Crippen molar-refractivity contribution in [3.63, 3.8) is 0 Å². The van der Waals surface area contributed by atoms with Crippen molar-refractivity contribution >= 4 is 23.6 Å². The van der Waals surface area contributed by atoms with E-state index in [-0.39, 0.29) is 48.5 Å². The van der Waals surface area contributed by atoms with E-state index in [1.807, 2.05) is 34.6 Å². The first-order chi connectivity index (χ1) is 17.6. The highest BCUT2D eigenvalue weighted by molar-refractivity contribution is 6.01. The Labute approximate surface area is 219 Å². The summed E-state index contributed by atoms with van der Waals surface area (Å²) in [5.41, 5.74) is 0.258. The van der Waals surface area contributed by atoms with E-state index in [1.165, 1.54) is 0 Å². The zero-order valence-corrected chi connectivity index (χ0v) is 22.5. The molecule has 3 rings (SSSR count). The number of fused-ring (bicyclic) bond motifs is 1. The predicted molar refractivity (Wildman–Crippen MR) is 138 cm³/mol. The van der Waals surface area contributed by atoms with Gasteiger partial charge < -0.3 is 29.9 Å². The molecule has 2 aliphatic rings. The van der Waals surface area contributed by atoms with Crippen LogP contribution >= 0.6 is 0 Å². The van der Waals surface area contributed by atoms with Crippen LogP contribution < -0.4 is 15.4 Å². The quantitative estimate of drug-likeness (QED) is 0.628. The van der Waals surface area contributed by atoms with Crippen LogP contribution in [0.2, 0.25) is 0 Å². The maximum absolute atomic E-state index is 13.6. The molecule has 1 fully saturated rings. The Morgan fingerprint density at radius 1 is 1.08 bits per heavy atom. The number of benzene rings is 1. The highest BCUT2D eigenvalue weighted by atomic mass is 16.5. The number of likely N-dealkylation sites (N-methyl/N-ethyl adjacent to an activating group) is 1. The minimum Gasteiger partial charge on any atom is -0.491 e. The summed E-state index contributed by atoms with van der Waals surface area (Å²) < 4.78 is 11.7. The van der Waals surface area contributed by atoms with E-state index in [4.69, 9.17) is 9.47 Å². The topological polar surface area (TPSA) is 117 Å². The van der Waals surface area contributed by atoms with Crippen molar-refractivity contribution < 1.29 is 28.7 Å². The van der Waals surface area contributed by atoms with Crippen LogP contribution in [-0.4, -0.2) is 90.5 Å². The van der Waals surface area contributed by atoms with Crippen LogP contribution in [0.15, 0.2) is 24.3 Å². The number of nitrogens with one attached hydrogen (secondary N) is 2. The number of hydrogen-bond acceptors (Lipinski definition) is 6. The van der Waals surface area contributed by atoms with Crippen LogP contribution in [0, 0.1) is 5.92 Å². The van der Waals surface area contributed by atoms with E-state index in [0.717, 1.165) is 0 Å². The monoisotopic (exact) mass is 516 g/mol. The second kappa shape index (κ2) is 12.9. The molecule has 0 aliphatic carbocycles. The van der Waals surface area contributed by atoms with E-state index in [0.29, 0.717) is 38.3 Å². The van der Waals surface area contributed by atoms with E-state index in [1.54, 1.807) is 34.1 Å². The van der Waals surface area contributed by atoms with Gasteiger partial charge in [-0.05, 0) is 45.2 Å². The Balaban J connectivity index is 1.94. The molecular formula is C27H40N4O6. The van der Waals surface area contributed by atoms with Crippen molar-refractivity contribution in [2.75, 3.05) is 32.8 Å². The number of para-hydroxylation sites is 1. The number of rotatable bonds is 4. The molecule has 4 amide bonds. The Kier molecular flexibility index (Phi) is 9.91. The lowest BCUT2D eigenvalue weighted by Gasteiger charge is -2.37. The van der Waals surface area contributed by atoms with Crippen molar-refractivity contribution in [1.29, 1.82) is 0 Å². The third kappa shape index (κ3) is 7.67. The zero-order chi connectivity index (χ0) is 27.1. The fraction of sp³-hybridized carbons (Fsp3) is 0.630. The zero-order valence-electron chi connectivity index (χ0n) is 22.5. The third-order valence-electron chi connectivity index (χ3n) is 6.51. The molecule has 2 unspecified atom stereocenters. The van der Waals surface area contributed by atoms with Gasteiger partial charge in [-0.25, -0.2) is 0 Å². The van der Waals surface area contributed by atoms with Crippen LogP contribution in [0.4, 0.5) is 0 Å². The number of hydrogen-bond donors (Lipinski definition) is 2. The van der Waals surface area contributed by atoms with Crippen molar-refractivity contribution in [2.24, 2.45) is 5.92 Å². The summed E-state index contributed by atoms with van der Waals surface area (Å²) in [4.78, 5) is 56.7. The fourth-order valence-electron chi connectivity index (χ4n) is 4.84. The van der Waals surface area contributed by atoms with Gasteiger partial charge in [0, 0.05) is 19.6 Å². The molecule has 4 atom stereocenters. The minimum atomic E-state index is -1.11. The standard InChI is InChI=1S/C27H40N4O6/c1-6-30-11-12-36-23-10-8-7-9-20(23)25(33)29-22(27(35)31-15-18(4)37-19(5)16-31)14-24(32)28-21(26(30)34)13-17(2)3/h7-10,17-19,21-22H,6,11-16H2,1-5H3,(H,28,32)(H,29,33)/t18?,19?,21-,22-/m0/s1. The van der Waals surface area contributed by atoms with Crippen molar-refractivity contribution in [2.45, 2.75) is 71.8 Å². The molecule has 0 aromatic heterocycles. The molecule has 1 aromatic carbocycles. The Hall–Kier alpha value is -3.14. The first kappa shape index (κ1) is 28.4. The predicted octanol–water partition coefficient (Wildman–Crippen LogP) is 1.58. The second-order valence-corrected chi connectivity index (χ2v) is 10.2. The summed E-state index contributed by atoms with van der Waals surface area (Å²) in [5.74, 6) is -1.02. The van der Waals surface area contributed by atoms with E-state index < -0.39 is 23.9 Å². The molecule has 0 saturated carbocycles. The van der Waals surface area contributed by atoms with Crippen LogP contribution in [0.25, 0.3) is 0 Å². The molecule has 0 bridgehead atoms. The number of carbonyl (C=O) groups is 4. The van der Waals surface area contributed by atoms with E-state index in [2.05, 4.69) is 10.6 Å². The number of nitrogens with zero attached hydrogens (tertiary/aromatic N) is 2. The lowest BCUT2D eigenvalue weighted by molar-refractivity contribution is -0.146. The van der Waals surface area contributed by atoms with Crippen LogP contribution in [-0.2, 0) is 19.1 Å². The summed E-state index contributed by atoms with van der Waals surface area (Å²) in [7, 11) is 0. The maximum Gasteiger partial charge on any atom is 0.255 e. The summed E-state index contributed by atoms with van der Waals surface area (Å²) in [6.07, 6.45) is -0.175. The third-order valence-corrected chi connectivity index (χ3v) is 6.51. The van der Waals surface area contributed by atoms with Crippen LogP contribution in [0.3, 0.4) is 0 Å². The highest BCUT2D eigenvalue weighted by Crippen LogP contribution is 2.20. The molecule has 0 radical (unpaired) electrons. The van der Waals surface area contributed by atoms with Crippen molar-refractivity contribution in [3.8, 4) is 5.75 Å². The highest BCUT2D eigenvalue weighted by Gasteiger charge is 2.35. The second-order valence-electron chi connectivity index (χ2n) is 10.2. The Morgan fingerprint density at radius 3 is 2.41 bits per heavy atom. The number of carbonyl (C=O) groups excluding carboxylic acids is 4. The van der Waals surface area contributed by atoms with Crippen LogP contribution in [0.5, 0.6) is 5.75 Å². The van der Waals surface area contributed by atoms with Crippen LogP contribution in [0.1, 0.15) is 57.8 Å². The fourth-order valence-corrected chi connectivity index (χ4v) is 4.84. The molecule has 1 aromatic rings. The molecule has 0 spiro atoms. The van der Waals surface area contributed by atoms with Gasteiger partial charge in [0.05, 0.1) is 30.7 Å². The van der Waals surface area contributed by atoms with Gasteiger partial charge in [0.15, 0.2) is 0 Å². The van der Waals surface area contributed by atoms with Gasteiger partial charge in [-0.3, -0.25) is 19.2 Å². The Bertz CT molecular complexity index is 973. The molecule has 10 heteroatoms. The van der Waals surface area contributed by atoms with Crippen molar-refractivity contribution in [1.82, 2.24) is 20.4 Å². The number of amides is 4.